The van der Waals surface area contributed by atoms with Gasteiger partial charge in [0.1, 0.15) is 11.5 Å². The molecule has 0 heterocycles. The lowest BCUT2D eigenvalue weighted by Crippen LogP contribution is -2.21. The summed E-state index contributed by atoms with van der Waals surface area (Å²) in [4.78, 5) is 14.8. The summed E-state index contributed by atoms with van der Waals surface area (Å²) in [6.45, 7) is 8.04. The molecule has 0 aliphatic rings. The second kappa shape index (κ2) is 8.42. The number of amides is 1. The van der Waals surface area contributed by atoms with Gasteiger partial charge in [0, 0.05) is 35.6 Å². The van der Waals surface area contributed by atoms with Crippen LogP contribution in [-0.2, 0) is 0 Å². The van der Waals surface area contributed by atoms with Gasteiger partial charge in [0.2, 0.25) is 0 Å². The number of hydrogen-bond donors (Lipinski definition) is 1. The zero-order valence-corrected chi connectivity index (χ0v) is 15.6. The van der Waals surface area contributed by atoms with E-state index in [9.17, 15) is 4.79 Å². The Balaban J connectivity index is 2.19. The number of methoxy groups -OCH3 is 2. The van der Waals surface area contributed by atoms with Crippen LogP contribution < -0.4 is 19.7 Å². The molecule has 5 heteroatoms. The first kappa shape index (κ1) is 18.6. The van der Waals surface area contributed by atoms with Crippen molar-refractivity contribution in [3.05, 3.63) is 47.5 Å². The van der Waals surface area contributed by atoms with E-state index in [4.69, 9.17) is 9.47 Å². The molecule has 25 heavy (non-hydrogen) atoms. The summed E-state index contributed by atoms with van der Waals surface area (Å²) < 4.78 is 10.7. The smallest absolute Gasteiger partial charge is 0.255 e. The van der Waals surface area contributed by atoms with Crippen molar-refractivity contribution in [1.29, 1.82) is 0 Å². The minimum absolute atomic E-state index is 0.202. The molecule has 0 radical (unpaired) electrons. The summed E-state index contributed by atoms with van der Waals surface area (Å²) in [5, 5.41) is 2.91. The molecule has 2 aromatic rings. The van der Waals surface area contributed by atoms with Crippen molar-refractivity contribution in [1.82, 2.24) is 0 Å². The predicted octanol–water partition coefficient (Wildman–Crippen LogP) is 4.11. The lowest BCUT2D eigenvalue weighted by molar-refractivity contribution is 0.102. The SMILES string of the molecule is CCN(CC)c1ccc(NC(=O)c2cc(OC)c(C)c(OC)c2)cc1. The molecule has 0 saturated heterocycles. The topological polar surface area (TPSA) is 50.8 Å². The Hall–Kier alpha value is -2.69. The number of nitrogens with one attached hydrogen (secondary N) is 1. The lowest BCUT2D eigenvalue weighted by Gasteiger charge is -2.21. The molecule has 0 aromatic heterocycles. The van der Waals surface area contributed by atoms with Crippen LogP contribution in [0.15, 0.2) is 36.4 Å². The first-order valence-electron chi connectivity index (χ1n) is 8.43. The van der Waals surface area contributed by atoms with E-state index in [-0.39, 0.29) is 5.91 Å². The number of nitrogens with zero attached hydrogens (tertiary/aromatic N) is 1. The molecule has 0 saturated carbocycles. The zero-order chi connectivity index (χ0) is 18.4. The monoisotopic (exact) mass is 342 g/mol. The molecule has 2 rings (SSSR count). The number of carbonyl (C=O) groups excluding carboxylic acids is 1. The van der Waals surface area contributed by atoms with E-state index in [0.29, 0.717) is 17.1 Å². The van der Waals surface area contributed by atoms with Gasteiger partial charge in [-0.1, -0.05) is 0 Å². The van der Waals surface area contributed by atoms with Gasteiger partial charge < -0.3 is 19.7 Å². The van der Waals surface area contributed by atoms with Crippen molar-refractivity contribution in [2.75, 3.05) is 37.5 Å². The summed E-state index contributed by atoms with van der Waals surface area (Å²) in [7, 11) is 3.16. The minimum Gasteiger partial charge on any atom is -0.496 e. The Morgan fingerprint density at radius 2 is 1.52 bits per heavy atom. The average Bonchev–Trinajstić information content (AvgIpc) is 2.64. The molecule has 0 spiro atoms. The summed E-state index contributed by atoms with van der Waals surface area (Å²) in [6, 6.07) is 11.3. The van der Waals surface area contributed by atoms with Crippen LogP contribution >= 0.6 is 0 Å². The van der Waals surface area contributed by atoms with Crippen molar-refractivity contribution in [2.24, 2.45) is 0 Å². The average molecular weight is 342 g/mol. The summed E-state index contributed by atoms with van der Waals surface area (Å²) in [5.74, 6) is 1.05. The highest BCUT2D eigenvalue weighted by atomic mass is 16.5. The molecule has 5 nitrogen and oxygen atoms in total. The minimum atomic E-state index is -0.202. The number of carbonyl (C=O) groups is 1. The van der Waals surface area contributed by atoms with Crippen LogP contribution in [0.25, 0.3) is 0 Å². The molecule has 2 aromatic carbocycles. The molecule has 0 fully saturated rings. The predicted molar refractivity (Wildman–Crippen MR) is 102 cm³/mol. The molecule has 0 aliphatic heterocycles. The van der Waals surface area contributed by atoms with Gasteiger partial charge in [-0.3, -0.25) is 4.79 Å². The van der Waals surface area contributed by atoms with Gasteiger partial charge >= 0.3 is 0 Å². The Labute approximate surface area is 149 Å². The highest BCUT2D eigenvalue weighted by Crippen LogP contribution is 2.30. The first-order valence-corrected chi connectivity index (χ1v) is 8.43. The van der Waals surface area contributed by atoms with E-state index < -0.39 is 0 Å². The van der Waals surface area contributed by atoms with Crippen LogP contribution in [0.1, 0.15) is 29.8 Å². The molecule has 0 unspecified atom stereocenters. The van der Waals surface area contributed by atoms with Crippen LogP contribution in [-0.4, -0.2) is 33.2 Å². The molecular weight excluding hydrogens is 316 g/mol. The fourth-order valence-corrected chi connectivity index (χ4v) is 2.76. The van der Waals surface area contributed by atoms with Crippen LogP contribution in [0.3, 0.4) is 0 Å². The Morgan fingerprint density at radius 1 is 1.00 bits per heavy atom. The van der Waals surface area contributed by atoms with Crippen molar-refractivity contribution in [3.8, 4) is 11.5 Å². The van der Waals surface area contributed by atoms with Gasteiger partial charge in [0.15, 0.2) is 0 Å². The molecule has 0 atom stereocenters. The number of anilines is 2. The normalized spacial score (nSPS) is 10.3. The maximum absolute atomic E-state index is 12.6. The number of benzene rings is 2. The van der Waals surface area contributed by atoms with Crippen molar-refractivity contribution < 1.29 is 14.3 Å². The quantitative estimate of drug-likeness (QED) is 0.823. The van der Waals surface area contributed by atoms with Gasteiger partial charge in [-0.2, -0.15) is 0 Å². The highest BCUT2D eigenvalue weighted by molar-refractivity contribution is 6.05. The van der Waals surface area contributed by atoms with Gasteiger partial charge in [0.05, 0.1) is 14.2 Å². The Morgan fingerprint density at radius 3 is 1.96 bits per heavy atom. The summed E-state index contributed by atoms with van der Waals surface area (Å²) in [6.07, 6.45) is 0. The van der Waals surface area contributed by atoms with E-state index in [0.717, 1.165) is 30.0 Å². The van der Waals surface area contributed by atoms with E-state index >= 15 is 0 Å². The number of rotatable bonds is 7. The first-order chi connectivity index (χ1) is 12.0. The Kier molecular flexibility index (Phi) is 6.28. The number of hydrogen-bond acceptors (Lipinski definition) is 4. The zero-order valence-electron chi connectivity index (χ0n) is 15.6. The second-order valence-corrected chi connectivity index (χ2v) is 5.68. The largest absolute Gasteiger partial charge is 0.496 e. The fourth-order valence-electron chi connectivity index (χ4n) is 2.76. The van der Waals surface area contributed by atoms with Gasteiger partial charge in [-0.15, -0.1) is 0 Å². The maximum Gasteiger partial charge on any atom is 0.255 e. The van der Waals surface area contributed by atoms with Gasteiger partial charge in [-0.25, -0.2) is 0 Å². The van der Waals surface area contributed by atoms with E-state index in [2.05, 4.69) is 24.1 Å². The third-order valence-corrected chi connectivity index (χ3v) is 4.27. The van der Waals surface area contributed by atoms with Crippen LogP contribution in [0.4, 0.5) is 11.4 Å². The molecule has 134 valence electrons. The van der Waals surface area contributed by atoms with Crippen LogP contribution in [0.5, 0.6) is 11.5 Å². The van der Waals surface area contributed by atoms with Crippen LogP contribution in [0, 0.1) is 6.92 Å². The molecular formula is C20H26N2O3. The molecule has 0 aliphatic carbocycles. The third-order valence-electron chi connectivity index (χ3n) is 4.27. The molecule has 1 amide bonds. The van der Waals surface area contributed by atoms with Crippen molar-refractivity contribution in [3.63, 3.8) is 0 Å². The second-order valence-electron chi connectivity index (χ2n) is 5.68. The fraction of sp³-hybridized carbons (Fsp3) is 0.350. The standard InChI is InChI=1S/C20H26N2O3/c1-6-22(7-2)17-10-8-16(9-11-17)21-20(23)15-12-18(24-4)14(3)19(13-15)25-5/h8-13H,6-7H2,1-5H3,(H,21,23). The van der Waals surface area contributed by atoms with Crippen molar-refractivity contribution in [2.45, 2.75) is 20.8 Å². The number of ether oxygens (including phenoxy) is 2. The summed E-state index contributed by atoms with van der Waals surface area (Å²) >= 11 is 0. The van der Waals surface area contributed by atoms with Gasteiger partial charge in [-0.05, 0) is 57.2 Å². The summed E-state index contributed by atoms with van der Waals surface area (Å²) in [5.41, 5.74) is 3.25. The lowest BCUT2D eigenvalue weighted by atomic mass is 10.1. The highest BCUT2D eigenvalue weighted by Gasteiger charge is 2.14. The van der Waals surface area contributed by atoms with E-state index in [1.807, 2.05) is 31.2 Å². The van der Waals surface area contributed by atoms with E-state index in [1.54, 1.807) is 26.4 Å². The van der Waals surface area contributed by atoms with Crippen LogP contribution in [0.2, 0.25) is 0 Å². The maximum atomic E-state index is 12.6. The van der Waals surface area contributed by atoms with Gasteiger partial charge in [0.25, 0.3) is 5.91 Å². The molecule has 0 bridgehead atoms. The van der Waals surface area contributed by atoms with E-state index in [1.165, 1.54) is 0 Å². The Bertz CT molecular complexity index is 697. The molecule has 1 N–H and O–H groups in total. The van der Waals surface area contributed by atoms with Crippen molar-refractivity contribution >= 4 is 17.3 Å². The third kappa shape index (κ3) is 4.24.